The largest absolute Gasteiger partial charge is 0.381 e. The van der Waals surface area contributed by atoms with Gasteiger partial charge < -0.3 is 9.88 Å². The summed E-state index contributed by atoms with van der Waals surface area (Å²) in [6, 6.07) is 13.6. The van der Waals surface area contributed by atoms with Crippen molar-refractivity contribution in [3.8, 4) is 5.69 Å². The number of aromatic nitrogens is 2. The van der Waals surface area contributed by atoms with Crippen molar-refractivity contribution in [3.05, 3.63) is 71.8 Å². The van der Waals surface area contributed by atoms with Crippen molar-refractivity contribution in [2.24, 2.45) is 0 Å². The molecule has 1 atom stereocenters. The maximum atomic E-state index is 11.4. The Morgan fingerprint density at radius 1 is 1.22 bits per heavy atom. The number of halogens is 1. The molecule has 0 saturated carbocycles. The summed E-state index contributed by atoms with van der Waals surface area (Å²) >= 11 is 6.34. The molecular formula is C17H16ClN3OS. The van der Waals surface area contributed by atoms with Gasteiger partial charge in [0.1, 0.15) is 0 Å². The maximum absolute atomic E-state index is 11.4. The van der Waals surface area contributed by atoms with Crippen molar-refractivity contribution >= 4 is 28.1 Å². The molecule has 2 aromatic carbocycles. The average molecular weight is 346 g/mol. The van der Waals surface area contributed by atoms with Gasteiger partial charge in [-0.3, -0.25) is 4.21 Å². The van der Waals surface area contributed by atoms with E-state index in [1.165, 1.54) is 0 Å². The molecule has 23 heavy (non-hydrogen) atoms. The molecule has 0 spiro atoms. The number of hydrogen-bond acceptors (Lipinski definition) is 3. The number of anilines is 1. The molecule has 1 N–H and O–H groups in total. The van der Waals surface area contributed by atoms with E-state index in [0.717, 1.165) is 21.8 Å². The molecule has 0 unspecified atom stereocenters. The van der Waals surface area contributed by atoms with E-state index in [9.17, 15) is 4.21 Å². The van der Waals surface area contributed by atoms with Crippen LogP contribution >= 0.6 is 11.6 Å². The molecule has 0 radical (unpaired) electrons. The third kappa shape index (κ3) is 3.81. The molecule has 1 heterocycles. The highest BCUT2D eigenvalue weighted by Crippen LogP contribution is 2.24. The van der Waals surface area contributed by atoms with E-state index in [1.807, 2.05) is 53.2 Å². The lowest BCUT2D eigenvalue weighted by molar-refractivity contribution is 0.687. The first-order valence-corrected chi connectivity index (χ1v) is 9.01. The number of benzene rings is 2. The molecule has 6 heteroatoms. The van der Waals surface area contributed by atoms with Crippen LogP contribution in [0.3, 0.4) is 0 Å². The maximum Gasteiger partial charge on any atom is 0.0992 e. The molecule has 0 amide bonds. The minimum absolute atomic E-state index is 0.657. The van der Waals surface area contributed by atoms with Crippen LogP contribution in [-0.2, 0) is 17.3 Å². The summed E-state index contributed by atoms with van der Waals surface area (Å²) in [5, 5.41) is 3.99. The Hall–Kier alpha value is -2.11. The number of imidazole rings is 1. The Kier molecular flexibility index (Phi) is 4.79. The summed E-state index contributed by atoms with van der Waals surface area (Å²) in [5.41, 5.74) is 2.96. The van der Waals surface area contributed by atoms with Gasteiger partial charge in [0, 0.05) is 46.6 Å². The molecule has 0 aliphatic rings. The lowest BCUT2D eigenvalue weighted by atomic mass is 10.2. The normalized spacial score (nSPS) is 12.1. The molecular weight excluding hydrogens is 330 g/mol. The zero-order valence-corrected chi connectivity index (χ0v) is 14.1. The van der Waals surface area contributed by atoms with Gasteiger partial charge in [-0.1, -0.05) is 23.7 Å². The van der Waals surface area contributed by atoms with E-state index < -0.39 is 10.8 Å². The number of nitrogens with zero attached hydrogens (tertiary/aromatic N) is 2. The molecule has 4 nitrogen and oxygen atoms in total. The molecule has 3 aromatic rings. The molecule has 0 aliphatic heterocycles. The van der Waals surface area contributed by atoms with Gasteiger partial charge in [-0.25, -0.2) is 4.98 Å². The van der Waals surface area contributed by atoms with Crippen LogP contribution in [0, 0.1) is 0 Å². The zero-order valence-electron chi connectivity index (χ0n) is 12.6. The Morgan fingerprint density at radius 2 is 2.00 bits per heavy atom. The lowest BCUT2D eigenvalue weighted by Gasteiger charge is -2.10. The van der Waals surface area contributed by atoms with Crippen LogP contribution in [0.5, 0.6) is 0 Å². The van der Waals surface area contributed by atoms with Crippen molar-refractivity contribution in [1.82, 2.24) is 9.55 Å². The van der Waals surface area contributed by atoms with Gasteiger partial charge in [0.15, 0.2) is 0 Å². The van der Waals surface area contributed by atoms with E-state index in [4.69, 9.17) is 11.6 Å². The number of hydrogen-bond donors (Lipinski definition) is 1. The Labute approximate surface area is 142 Å². The van der Waals surface area contributed by atoms with Gasteiger partial charge in [-0.15, -0.1) is 0 Å². The van der Waals surface area contributed by atoms with Gasteiger partial charge >= 0.3 is 0 Å². The predicted octanol–water partition coefficient (Wildman–Crippen LogP) is 3.88. The SMILES string of the molecule is C[S@@](=O)c1ccc(CNc2ccc(-n3ccnc3)c(Cl)c2)cc1. The lowest BCUT2D eigenvalue weighted by Crippen LogP contribution is -2.00. The number of nitrogens with one attached hydrogen (secondary N) is 1. The third-order valence-electron chi connectivity index (χ3n) is 3.48. The minimum Gasteiger partial charge on any atom is -0.381 e. The number of rotatable bonds is 5. The second-order valence-corrected chi connectivity index (χ2v) is 6.87. The smallest absolute Gasteiger partial charge is 0.0992 e. The fourth-order valence-electron chi connectivity index (χ4n) is 2.23. The van der Waals surface area contributed by atoms with Crippen LogP contribution in [-0.4, -0.2) is 20.0 Å². The van der Waals surface area contributed by atoms with Crippen molar-refractivity contribution in [2.45, 2.75) is 11.4 Å². The minimum atomic E-state index is -0.943. The summed E-state index contributed by atoms with van der Waals surface area (Å²) in [4.78, 5) is 4.86. The molecule has 118 valence electrons. The Bertz CT molecular complexity index is 816. The van der Waals surface area contributed by atoms with Crippen molar-refractivity contribution in [3.63, 3.8) is 0 Å². The Balaban J connectivity index is 1.69. The van der Waals surface area contributed by atoms with Crippen molar-refractivity contribution < 1.29 is 4.21 Å². The average Bonchev–Trinajstić information content (AvgIpc) is 3.07. The van der Waals surface area contributed by atoms with Crippen LogP contribution in [0.25, 0.3) is 5.69 Å². The molecule has 0 fully saturated rings. The van der Waals surface area contributed by atoms with Crippen molar-refractivity contribution in [1.29, 1.82) is 0 Å². The van der Waals surface area contributed by atoms with Crippen LogP contribution in [0.4, 0.5) is 5.69 Å². The quantitative estimate of drug-likeness (QED) is 0.763. The van der Waals surface area contributed by atoms with Gasteiger partial charge in [-0.2, -0.15) is 0 Å². The van der Waals surface area contributed by atoms with E-state index in [1.54, 1.807) is 18.8 Å². The standard InChI is InChI=1S/C17H16ClN3OS/c1-23(22)15-5-2-13(3-6-15)11-20-14-4-7-17(16(18)10-14)21-9-8-19-12-21/h2-10,12,20H,11H2,1H3/t23-/m1/s1. The molecule has 3 rings (SSSR count). The zero-order chi connectivity index (χ0) is 16.2. The van der Waals surface area contributed by atoms with Gasteiger partial charge in [0.2, 0.25) is 0 Å². The topological polar surface area (TPSA) is 46.9 Å². The molecule has 0 bridgehead atoms. The first-order valence-electron chi connectivity index (χ1n) is 7.07. The predicted molar refractivity (Wildman–Crippen MR) is 94.7 cm³/mol. The van der Waals surface area contributed by atoms with Crippen LogP contribution in [0.1, 0.15) is 5.56 Å². The van der Waals surface area contributed by atoms with Crippen LogP contribution < -0.4 is 5.32 Å². The second kappa shape index (κ2) is 6.98. The summed E-state index contributed by atoms with van der Waals surface area (Å²) in [6.07, 6.45) is 6.97. The summed E-state index contributed by atoms with van der Waals surface area (Å²) in [6.45, 7) is 0.678. The van der Waals surface area contributed by atoms with Gasteiger partial charge in [0.25, 0.3) is 0 Å². The van der Waals surface area contributed by atoms with E-state index in [-0.39, 0.29) is 0 Å². The van der Waals surface area contributed by atoms with E-state index >= 15 is 0 Å². The first kappa shape index (κ1) is 15.8. The fraction of sp³-hybridized carbons (Fsp3) is 0.118. The van der Waals surface area contributed by atoms with Crippen molar-refractivity contribution in [2.75, 3.05) is 11.6 Å². The first-order chi connectivity index (χ1) is 11.1. The molecule has 0 saturated heterocycles. The van der Waals surface area contributed by atoms with E-state index in [0.29, 0.717) is 11.6 Å². The highest BCUT2D eigenvalue weighted by molar-refractivity contribution is 7.84. The molecule has 0 aliphatic carbocycles. The highest BCUT2D eigenvalue weighted by atomic mass is 35.5. The van der Waals surface area contributed by atoms with Crippen LogP contribution in [0.15, 0.2) is 66.1 Å². The monoisotopic (exact) mass is 345 g/mol. The highest BCUT2D eigenvalue weighted by Gasteiger charge is 2.04. The fourth-order valence-corrected chi connectivity index (χ4v) is 3.03. The van der Waals surface area contributed by atoms with E-state index in [2.05, 4.69) is 10.3 Å². The summed E-state index contributed by atoms with van der Waals surface area (Å²) < 4.78 is 13.2. The summed E-state index contributed by atoms with van der Waals surface area (Å²) in [7, 11) is -0.943. The third-order valence-corrected chi connectivity index (χ3v) is 4.72. The van der Waals surface area contributed by atoms with Crippen LogP contribution in [0.2, 0.25) is 5.02 Å². The second-order valence-electron chi connectivity index (χ2n) is 5.09. The Morgan fingerprint density at radius 3 is 2.61 bits per heavy atom. The molecule has 1 aromatic heterocycles. The van der Waals surface area contributed by atoms with Gasteiger partial charge in [-0.05, 0) is 35.9 Å². The summed E-state index contributed by atoms with van der Waals surface area (Å²) in [5.74, 6) is 0. The van der Waals surface area contributed by atoms with Gasteiger partial charge in [0.05, 0.1) is 17.0 Å².